The van der Waals surface area contributed by atoms with Gasteiger partial charge in [-0.05, 0) is 28.6 Å². The zero-order valence-corrected chi connectivity index (χ0v) is 10.8. The first-order valence-electron chi connectivity index (χ1n) is 5.09. The Hall–Kier alpha value is -1.83. The fourth-order valence-electron chi connectivity index (χ4n) is 1.33. The van der Waals surface area contributed by atoms with Crippen molar-refractivity contribution in [2.45, 2.75) is 6.42 Å². The standard InChI is InChI=1S/C10H9BrFN5O/c11-4-3-10(18)14-9-5-7(1-2-8(9)12)17-6-13-15-16-17/h1-2,5-6H,3-4H2,(H,14,18). The molecule has 94 valence electrons. The molecule has 18 heavy (non-hydrogen) atoms. The first kappa shape index (κ1) is 12.6. The minimum atomic E-state index is -0.505. The number of halogens is 2. The lowest BCUT2D eigenvalue weighted by molar-refractivity contribution is -0.115. The largest absolute Gasteiger partial charge is 0.324 e. The summed E-state index contributed by atoms with van der Waals surface area (Å²) < 4.78 is 14.9. The highest BCUT2D eigenvalue weighted by molar-refractivity contribution is 9.09. The van der Waals surface area contributed by atoms with Gasteiger partial charge in [0.05, 0.1) is 11.4 Å². The lowest BCUT2D eigenvalue weighted by Gasteiger charge is -2.07. The van der Waals surface area contributed by atoms with Crippen molar-refractivity contribution in [2.75, 3.05) is 10.6 Å². The molecule has 8 heteroatoms. The number of carbonyl (C=O) groups excluding carboxylic acids is 1. The van der Waals surface area contributed by atoms with E-state index in [4.69, 9.17) is 0 Å². The molecule has 0 aliphatic rings. The molecule has 1 aromatic carbocycles. The van der Waals surface area contributed by atoms with Crippen LogP contribution in [0.3, 0.4) is 0 Å². The Morgan fingerprint density at radius 2 is 2.33 bits per heavy atom. The van der Waals surface area contributed by atoms with E-state index in [0.717, 1.165) is 0 Å². The van der Waals surface area contributed by atoms with E-state index in [1.165, 1.54) is 29.2 Å². The molecule has 0 spiro atoms. The highest BCUT2D eigenvalue weighted by atomic mass is 79.9. The lowest BCUT2D eigenvalue weighted by Crippen LogP contribution is -2.13. The van der Waals surface area contributed by atoms with Gasteiger partial charge in [0.25, 0.3) is 0 Å². The van der Waals surface area contributed by atoms with Gasteiger partial charge < -0.3 is 5.32 Å². The Balaban J connectivity index is 2.24. The number of hydrogen-bond acceptors (Lipinski definition) is 4. The predicted octanol–water partition coefficient (Wildman–Crippen LogP) is 1.52. The van der Waals surface area contributed by atoms with Gasteiger partial charge in [-0.2, -0.15) is 0 Å². The number of rotatable bonds is 4. The van der Waals surface area contributed by atoms with Crippen LogP contribution in [0.5, 0.6) is 0 Å². The average molecular weight is 314 g/mol. The van der Waals surface area contributed by atoms with Gasteiger partial charge in [-0.15, -0.1) is 5.10 Å². The maximum atomic E-state index is 13.5. The van der Waals surface area contributed by atoms with Gasteiger partial charge in [0, 0.05) is 11.8 Å². The van der Waals surface area contributed by atoms with E-state index in [2.05, 4.69) is 36.8 Å². The average Bonchev–Trinajstić information content (AvgIpc) is 2.86. The summed E-state index contributed by atoms with van der Waals surface area (Å²) in [7, 11) is 0. The second-order valence-corrected chi connectivity index (χ2v) is 4.20. The molecule has 1 amide bonds. The van der Waals surface area contributed by atoms with Crippen molar-refractivity contribution in [3.63, 3.8) is 0 Å². The van der Waals surface area contributed by atoms with E-state index in [-0.39, 0.29) is 18.0 Å². The van der Waals surface area contributed by atoms with Gasteiger partial charge >= 0.3 is 0 Å². The van der Waals surface area contributed by atoms with Gasteiger partial charge in [-0.25, -0.2) is 9.07 Å². The Bertz CT molecular complexity index is 545. The van der Waals surface area contributed by atoms with Gasteiger partial charge in [-0.3, -0.25) is 4.79 Å². The summed E-state index contributed by atoms with van der Waals surface area (Å²) >= 11 is 3.14. The highest BCUT2D eigenvalue weighted by Crippen LogP contribution is 2.18. The van der Waals surface area contributed by atoms with Crippen LogP contribution in [-0.4, -0.2) is 31.4 Å². The number of nitrogens with zero attached hydrogens (tertiary/aromatic N) is 4. The smallest absolute Gasteiger partial charge is 0.225 e. The van der Waals surface area contributed by atoms with Crippen molar-refractivity contribution in [3.8, 4) is 5.69 Å². The monoisotopic (exact) mass is 313 g/mol. The third-order valence-corrected chi connectivity index (χ3v) is 2.56. The summed E-state index contributed by atoms with van der Waals surface area (Å²) in [5, 5.41) is 13.7. The first-order valence-corrected chi connectivity index (χ1v) is 6.21. The number of carbonyl (C=O) groups is 1. The molecule has 0 aliphatic heterocycles. The van der Waals surface area contributed by atoms with Gasteiger partial charge in [0.2, 0.25) is 5.91 Å². The quantitative estimate of drug-likeness (QED) is 0.869. The summed E-state index contributed by atoms with van der Waals surface area (Å²) in [6.45, 7) is 0. The molecular weight excluding hydrogens is 305 g/mol. The van der Waals surface area contributed by atoms with Crippen molar-refractivity contribution in [3.05, 3.63) is 30.3 Å². The fraction of sp³-hybridized carbons (Fsp3) is 0.200. The Kier molecular flexibility index (Phi) is 3.98. The number of nitrogens with one attached hydrogen (secondary N) is 1. The molecule has 0 fully saturated rings. The molecule has 0 radical (unpaired) electrons. The van der Waals surface area contributed by atoms with E-state index in [1.807, 2.05) is 0 Å². The van der Waals surface area contributed by atoms with E-state index in [0.29, 0.717) is 11.0 Å². The third kappa shape index (κ3) is 2.89. The number of hydrogen-bond donors (Lipinski definition) is 1. The van der Waals surface area contributed by atoms with Crippen molar-refractivity contribution < 1.29 is 9.18 Å². The summed E-state index contributed by atoms with van der Waals surface area (Å²) in [6, 6.07) is 4.24. The Labute approximate surface area is 110 Å². The van der Waals surface area contributed by atoms with E-state index >= 15 is 0 Å². The second-order valence-electron chi connectivity index (χ2n) is 3.41. The molecule has 0 unspecified atom stereocenters. The molecule has 0 aliphatic carbocycles. The molecule has 1 N–H and O–H groups in total. The van der Waals surface area contributed by atoms with E-state index in [9.17, 15) is 9.18 Å². The van der Waals surface area contributed by atoms with Gasteiger partial charge in [-0.1, -0.05) is 15.9 Å². The predicted molar refractivity (Wildman–Crippen MR) is 66.2 cm³/mol. The van der Waals surface area contributed by atoms with Crippen LogP contribution >= 0.6 is 15.9 Å². The van der Waals surface area contributed by atoms with Crippen LogP contribution in [-0.2, 0) is 4.79 Å². The molecule has 6 nitrogen and oxygen atoms in total. The molecule has 0 saturated carbocycles. The number of anilines is 1. The maximum Gasteiger partial charge on any atom is 0.225 e. The Morgan fingerprint density at radius 1 is 1.50 bits per heavy atom. The highest BCUT2D eigenvalue weighted by Gasteiger charge is 2.08. The zero-order chi connectivity index (χ0) is 13.0. The summed E-state index contributed by atoms with van der Waals surface area (Å²) in [6.07, 6.45) is 1.66. The number of amides is 1. The van der Waals surface area contributed by atoms with Crippen LogP contribution in [0.4, 0.5) is 10.1 Å². The summed E-state index contributed by atoms with van der Waals surface area (Å²) in [5.74, 6) is -0.769. The second kappa shape index (κ2) is 5.67. The van der Waals surface area contributed by atoms with Crippen LogP contribution in [0, 0.1) is 5.82 Å². The molecule has 1 heterocycles. The van der Waals surface area contributed by atoms with Crippen LogP contribution in [0.25, 0.3) is 5.69 Å². The molecule has 1 aromatic heterocycles. The van der Waals surface area contributed by atoms with Crippen LogP contribution in [0.15, 0.2) is 24.5 Å². The van der Waals surface area contributed by atoms with Crippen molar-refractivity contribution in [1.29, 1.82) is 0 Å². The van der Waals surface area contributed by atoms with E-state index < -0.39 is 5.82 Å². The van der Waals surface area contributed by atoms with Crippen LogP contribution in [0.1, 0.15) is 6.42 Å². The Morgan fingerprint density at radius 3 is 3.00 bits per heavy atom. The molecule has 2 rings (SSSR count). The van der Waals surface area contributed by atoms with Gasteiger partial charge in [0.15, 0.2) is 0 Å². The maximum absolute atomic E-state index is 13.5. The first-order chi connectivity index (χ1) is 8.70. The molecule has 0 atom stereocenters. The normalized spacial score (nSPS) is 10.3. The fourth-order valence-corrected chi connectivity index (χ4v) is 1.69. The van der Waals surface area contributed by atoms with Crippen LogP contribution < -0.4 is 5.32 Å². The molecule has 2 aromatic rings. The summed E-state index contributed by atoms with van der Waals surface area (Å²) in [4.78, 5) is 11.4. The number of aromatic nitrogens is 4. The van der Waals surface area contributed by atoms with E-state index in [1.54, 1.807) is 0 Å². The van der Waals surface area contributed by atoms with Gasteiger partial charge in [0.1, 0.15) is 12.1 Å². The number of tetrazole rings is 1. The lowest BCUT2D eigenvalue weighted by atomic mass is 10.2. The van der Waals surface area contributed by atoms with Crippen molar-refractivity contribution >= 4 is 27.5 Å². The minimum absolute atomic E-state index is 0.106. The SMILES string of the molecule is O=C(CCBr)Nc1cc(-n2cnnn2)ccc1F. The molecule has 0 saturated heterocycles. The van der Waals surface area contributed by atoms with Crippen molar-refractivity contribution in [2.24, 2.45) is 0 Å². The molecular formula is C10H9BrFN5O. The van der Waals surface area contributed by atoms with Crippen molar-refractivity contribution in [1.82, 2.24) is 20.2 Å². The number of benzene rings is 1. The molecule has 0 bridgehead atoms. The zero-order valence-electron chi connectivity index (χ0n) is 9.18. The minimum Gasteiger partial charge on any atom is -0.324 e. The third-order valence-electron chi connectivity index (χ3n) is 2.16. The number of alkyl halides is 1. The summed E-state index contributed by atoms with van der Waals surface area (Å²) in [5.41, 5.74) is 0.671. The topological polar surface area (TPSA) is 72.7 Å². The van der Waals surface area contributed by atoms with Crippen LogP contribution in [0.2, 0.25) is 0 Å².